The van der Waals surface area contributed by atoms with E-state index in [0.29, 0.717) is 0 Å². The number of rotatable bonds is 3. The molecule has 0 atom stereocenters. The van der Waals surface area contributed by atoms with Gasteiger partial charge in [-0.2, -0.15) is 0 Å². The van der Waals surface area contributed by atoms with Gasteiger partial charge >= 0.3 is 85.5 Å². The van der Waals surface area contributed by atoms with Gasteiger partial charge in [0, 0.05) is 0 Å². The first kappa shape index (κ1) is 10.7. The normalized spacial score (nSPS) is 10.1. The summed E-state index contributed by atoms with van der Waals surface area (Å²) in [6, 6.07) is 4.13. The Morgan fingerprint density at radius 2 is 1.86 bits per heavy atom. The van der Waals surface area contributed by atoms with Crippen LogP contribution in [0, 0.1) is 0 Å². The van der Waals surface area contributed by atoms with Crippen LogP contribution < -0.4 is 9.21 Å². The van der Waals surface area contributed by atoms with E-state index in [2.05, 4.69) is 0 Å². The Kier molecular flexibility index (Phi) is 3.24. The van der Waals surface area contributed by atoms with Crippen LogP contribution in [0.5, 0.6) is 0 Å². The summed E-state index contributed by atoms with van der Waals surface area (Å²) in [5.41, 5.74) is -0.535. The molecule has 0 aliphatic carbocycles. The predicted octanol–water partition coefficient (Wildman–Crippen LogP) is -0.335. The molecule has 0 aliphatic heterocycles. The van der Waals surface area contributed by atoms with Crippen molar-refractivity contribution in [3.05, 3.63) is 29.3 Å². The van der Waals surface area contributed by atoms with Crippen molar-refractivity contribution in [1.82, 2.24) is 0 Å². The molecule has 1 rings (SSSR count). The van der Waals surface area contributed by atoms with Gasteiger partial charge in [0.2, 0.25) is 0 Å². The number of carboxylic acid groups (broad SMARTS) is 2. The van der Waals surface area contributed by atoms with E-state index >= 15 is 0 Å². The van der Waals surface area contributed by atoms with Gasteiger partial charge in [-0.3, -0.25) is 0 Å². The third-order valence-corrected chi connectivity index (χ3v) is 2.21. The molecule has 1 aromatic carbocycles. The van der Waals surface area contributed by atoms with Crippen molar-refractivity contribution in [2.75, 3.05) is 0 Å². The Balaban J connectivity index is 3.43. The first-order valence-corrected chi connectivity index (χ1v) is 4.44. The van der Waals surface area contributed by atoms with Crippen molar-refractivity contribution >= 4 is 16.4 Å². The van der Waals surface area contributed by atoms with Gasteiger partial charge in [0.25, 0.3) is 0 Å². The van der Waals surface area contributed by atoms with E-state index in [9.17, 15) is 9.59 Å². The van der Waals surface area contributed by atoms with Crippen molar-refractivity contribution in [2.45, 2.75) is 0 Å². The summed E-state index contributed by atoms with van der Waals surface area (Å²) in [7, 11) is 0. The average Bonchev–Trinajstić information content (AvgIpc) is 2.16. The number of benzene rings is 1. The van der Waals surface area contributed by atoms with Gasteiger partial charge in [0.15, 0.2) is 0 Å². The van der Waals surface area contributed by atoms with E-state index in [0.717, 1.165) is 15.2 Å². The summed E-state index contributed by atoms with van der Waals surface area (Å²) in [5.74, 6) is -2.58. The number of hydrogen-bond donors (Lipinski definition) is 3. The van der Waals surface area contributed by atoms with Crippen LogP contribution in [0.3, 0.4) is 0 Å². The molecule has 0 unspecified atom stereocenters. The Hall–Kier alpha value is -1.36. The second-order valence-electron chi connectivity index (χ2n) is 2.32. The molecule has 0 spiro atoms. The molecule has 0 saturated heterocycles. The van der Waals surface area contributed by atoms with Crippen molar-refractivity contribution in [1.29, 1.82) is 0 Å². The number of hydrogen-bond acceptors (Lipinski definition) is 3. The van der Waals surface area contributed by atoms with Crippen molar-refractivity contribution in [3.63, 3.8) is 0 Å². The minimum absolute atomic E-state index is 0.223. The minimum atomic E-state index is -1.30. The van der Waals surface area contributed by atoms with Crippen LogP contribution in [0.25, 0.3) is 0 Å². The topological polar surface area (TPSA) is 101 Å². The fourth-order valence-electron chi connectivity index (χ4n) is 0.966. The molecule has 79 valence electrons. The molecule has 5 nitrogen and oxygen atoms in total. The van der Waals surface area contributed by atoms with E-state index in [1.165, 1.54) is 18.2 Å². The number of carbonyl (C=O) groups is 2. The SMILES string of the molecule is [NH2][Cu][c]1cccc(C(=O)O)c1C(=O)O. The van der Waals surface area contributed by atoms with Crippen LogP contribution in [-0.4, -0.2) is 22.2 Å². The van der Waals surface area contributed by atoms with Crippen molar-refractivity contribution in [2.24, 2.45) is 4.75 Å². The monoisotopic (exact) mass is 244 g/mol. The zero-order valence-corrected chi connectivity index (χ0v) is 7.76. The third kappa shape index (κ3) is 1.93. The first-order chi connectivity index (χ1) is 6.57. The fourth-order valence-corrected chi connectivity index (χ4v) is 1.51. The molecule has 0 amide bonds. The Bertz CT molecular complexity index is 391. The Morgan fingerprint density at radius 1 is 1.21 bits per heavy atom. The number of aromatic carboxylic acids is 2. The third-order valence-electron chi connectivity index (χ3n) is 1.52. The molecule has 14 heavy (non-hydrogen) atoms. The molecule has 0 fully saturated rings. The molecule has 0 heterocycles. The molecule has 0 bridgehead atoms. The molecule has 1 aromatic rings. The van der Waals surface area contributed by atoms with Crippen LogP contribution in [0.4, 0.5) is 0 Å². The van der Waals surface area contributed by atoms with Gasteiger partial charge in [-0.15, -0.1) is 0 Å². The second kappa shape index (κ2) is 4.23. The Morgan fingerprint density at radius 3 is 2.29 bits per heavy atom. The van der Waals surface area contributed by atoms with Gasteiger partial charge in [0.05, 0.1) is 0 Å². The first-order valence-electron chi connectivity index (χ1n) is 3.42. The van der Waals surface area contributed by atoms with Crippen molar-refractivity contribution < 1.29 is 35.0 Å². The zero-order valence-electron chi connectivity index (χ0n) is 6.82. The summed E-state index contributed by atoms with van der Waals surface area (Å²) in [5, 5.41) is 17.5. The molecule has 0 aliphatic rings. The molecule has 4 N–H and O–H groups in total. The standard InChI is InChI=1S/C8H5O4.Cu.H2N/c9-7(10)5-3-1-2-4-6(5)8(11)12;;/h1-3H,(H,9,10)(H,11,12);;1H2/q;+1;-1. The predicted molar refractivity (Wildman–Crippen MR) is 44.2 cm³/mol. The van der Waals surface area contributed by atoms with Gasteiger partial charge in [-0.1, -0.05) is 0 Å². The van der Waals surface area contributed by atoms with Gasteiger partial charge < -0.3 is 0 Å². The molecule has 0 aromatic heterocycles. The van der Waals surface area contributed by atoms with Crippen LogP contribution in [0.1, 0.15) is 20.7 Å². The van der Waals surface area contributed by atoms with E-state index in [4.69, 9.17) is 15.0 Å². The van der Waals surface area contributed by atoms with Gasteiger partial charge in [-0.25, -0.2) is 0 Å². The molecule has 0 saturated carbocycles. The van der Waals surface area contributed by atoms with Gasteiger partial charge in [0.1, 0.15) is 0 Å². The second-order valence-corrected chi connectivity index (χ2v) is 3.10. The van der Waals surface area contributed by atoms with Crippen LogP contribution in [0.2, 0.25) is 0 Å². The number of nitrogens with two attached hydrogens (primary N) is 1. The van der Waals surface area contributed by atoms with Crippen molar-refractivity contribution in [3.8, 4) is 0 Å². The van der Waals surface area contributed by atoms with E-state index in [-0.39, 0.29) is 15.6 Å². The Labute approximate surface area is 85.9 Å². The van der Waals surface area contributed by atoms with Gasteiger partial charge in [-0.05, 0) is 0 Å². The summed E-state index contributed by atoms with van der Waals surface area (Å²) in [6.45, 7) is 0. The maximum absolute atomic E-state index is 10.8. The molecular weight excluding hydrogens is 238 g/mol. The average molecular weight is 245 g/mol. The fraction of sp³-hybridized carbons (Fsp3) is 0. The summed E-state index contributed by atoms with van der Waals surface area (Å²) < 4.78 is 5.43. The quantitative estimate of drug-likeness (QED) is 0.632. The maximum atomic E-state index is 10.8. The summed E-state index contributed by atoms with van der Waals surface area (Å²) >= 11 is 0.800. The molecular formula is C8H7CuNO4. The van der Waals surface area contributed by atoms with E-state index in [1.54, 1.807) is 0 Å². The molecule has 0 radical (unpaired) electrons. The van der Waals surface area contributed by atoms with Crippen LogP contribution >= 0.6 is 0 Å². The summed E-state index contributed by atoms with van der Waals surface area (Å²) in [6.07, 6.45) is 0. The van der Waals surface area contributed by atoms with E-state index in [1.807, 2.05) is 0 Å². The zero-order chi connectivity index (χ0) is 10.7. The van der Waals surface area contributed by atoms with E-state index < -0.39 is 11.9 Å². The summed E-state index contributed by atoms with van der Waals surface area (Å²) in [4.78, 5) is 21.5. The van der Waals surface area contributed by atoms with Crippen LogP contribution in [0.15, 0.2) is 18.2 Å². The van der Waals surface area contributed by atoms with Crippen LogP contribution in [-0.2, 0) is 15.2 Å². The molecule has 6 heteroatoms. The number of carboxylic acids is 2.